The Labute approximate surface area is 320 Å². The second-order valence-corrected chi connectivity index (χ2v) is 13.9. The van der Waals surface area contributed by atoms with Gasteiger partial charge >= 0.3 is 23.8 Å². The van der Waals surface area contributed by atoms with Crippen LogP contribution in [0.25, 0.3) is 0 Å². The Morgan fingerprint density at radius 3 is 1.69 bits per heavy atom. The van der Waals surface area contributed by atoms with Gasteiger partial charge < -0.3 is 21.1 Å². The van der Waals surface area contributed by atoms with E-state index in [4.69, 9.17) is 5.73 Å². The number of carbonyl (C=O) groups is 7. The molecular formula is C34H59N11O10+2. The van der Waals surface area contributed by atoms with E-state index in [0.717, 1.165) is 0 Å². The molecular weight excluding hydrogens is 722 g/mol. The van der Waals surface area contributed by atoms with E-state index in [-0.39, 0.29) is 95.5 Å². The molecule has 0 bridgehead atoms. The number of hydrogen-bond acceptors (Lipinski definition) is 13. The number of quaternary nitrogens is 2. The molecule has 1 fully saturated rings. The summed E-state index contributed by atoms with van der Waals surface area (Å²) in [7, 11) is 0. The highest BCUT2D eigenvalue weighted by atomic mass is 16.4. The Kier molecular flexibility index (Phi) is 21.5. The van der Waals surface area contributed by atoms with E-state index in [2.05, 4.69) is 21.3 Å². The highest BCUT2D eigenvalue weighted by molar-refractivity contribution is 5.86. The third-order valence-electron chi connectivity index (χ3n) is 8.65. The van der Waals surface area contributed by atoms with Crippen molar-refractivity contribution in [3.05, 3.63) is 23.9 Å². The Balaban J connectivity index is 1.80. The molecule has 308 valence electrons. The first kappa shape index (κ1) is 46.5. The molecule has 0 unspecified atom stereocenters. The molecule has 0 spiro atoms. The van der Waals surface area contributed by atoms with E-state index < -0.39 is 29.9 Å². The predicted octanol–water partition coefficient (Wildman–Crippen LogP) is -4.43. The number of carbonyl (C=O) groups excluding carboxylic acids is 4. The number of carboxylic acid groups (broad SMARTS) is 3. The van der Waals surface area contributed by atoms with Crippen LogP contribution in [0.3, 0.4) is 0 Å². The normalized spacial score (nSPS) is 16.0. The van der Waals surface area contributed by atoms with Crippen LogP contribution in [0.5, 0.6) is 0 Å². The average molecular weight is 782 g/mol. The van der Waals surface area contributed by atoms with E-state index in [1.54, 1.807) is 37.0 Å². The van der Waals surface area contributed by atoms with Gasteiger partial charge in [-0.3, -0.25) is 64.5 Å². The second kappa shape index (κ2) is 25.4. The first-order valence-electron chi connectivity index (χ1n) is 18.5. The second-order valence-electron chi connectivity index (χ2n) is 13.9. The minimum atomic E-state index is -1.04. The summed E-state index contributed by atoms with van der Waals surface area (Å²) >= 11 is 0. The fourth-order valence-electron chi connectivity index (χ4n) is 5.68. The molecule has 1 aromatic heterocycles. The Bertz CT molecular complexity index is 1380. The van der Waals surface area contributed by atoms with Crippen LogP contribution in [0.4, 0.5) is 5.82 Å². The smallest absolute Gasteiger partial charge is 0.344 e. The summed E-state index contributed by atoms with van der Waals surface area (Å²) in [6.07, 6.45) is 4.11. The van der Waals surface area contributed by atoms with Crippen LogP contribution < -0.4 is 32.8 Å². The lowest BCUT2D eigenvalue weighted by atomic mass is 10.0. The van der Waals surface area contributed by atoms with Gasteiger partial charge in [-0.25, -0.2) is 9.78 Å². The maximum absolute atomic E-state index is 13.0. The van der Waals surface area contributed by atoms with Gasteiger partial charge in [0.15, 0.2) is 0 Å². The number of primary amides is 1. The fraction of sp³-hybridized carbons (Fsp3) is 0.647. The van der Waals surface area contributed by atoms with E-state index in [1.807, 2.05) is 13.8 Å². The first-order chi connectivity index (χ1) is 26.1. The van der Waals surface area contributed by atoms with Crippen LogP contribution in [0.2, 0.25) is 0 Å². The molecule has 4 amide bonds. The Morgan fingerprint density at radius 2 is 1.24 bits per heavy atom. The number of hydrazine groups is 1. The van der Waals surface area contributed by atoms with E-state index >= 15 is 0 Å². The number of nitrogens with one attached hydrogen (secondary N) is 3. The Hall–Kier alpha value is -4.64. The molecule has 1 aliphatic heterocycles. The number of carboxylic acids is 3. The number of hydrogen-bond donors (Lipinski definition) is 9. The van der Waals surface area contributed by atoms with Gasteiger partial charge in [-0.2, -0.15) is 10.9 Å². The third-order valence-corrected chi connectivity index (χ3v) is 8.65. The zero-order valence-corrected chi connectivity index (χ0v) is 31.8. The molecule has 0 aromatic carbocycles. The molecule has 1 saturated heterocycles. The number of nitrogens with two attached hydrogens (primary N) is 3. The molecule has 21 heteroatoms. The standard InChI is InChI=1S/C34H57N11O10/c1-24(2)18-26(35)34(55)41-39-28(46)6-4-3-5-9-36-33(54)25-7-8-27(37-19-25)38-40-29(47)20-42-10-12-43(21-30(48)49)14-16-45(23-32(52)53)17-15-44(13-11-42)22-31(50)51/h7-8,19,24,26H,3-6,9-18,20-23,35H2,1-2H3,(H,36,54)(H,37,38)(H,39,46)(H,40,47)(H,41,55)(H,48,49)(H,50,51)(H,52,53)/p+2/t26-/m1/s1. The Morgan fingerprint density at radius 1 is 0.727 bits per heavy atom. The third kappa shape index (κ3) is 21.1. The zero-order valence-electron chi connectivity index (χ0n) is 31.8. The minimum absolute atomic E-state index is 0.0661. The van der Waals surface area contributed by atoms with Gasteiger partial charge in [-0.1, -0.05) is 13.8 Å². The van der Waals surface area contributed by atoms with Crippen LogP contribution >= 0.6 is 0 Å². The number of rotatable bonds is 20. The van der Waals surface area contributed by atoms with Gasteiger partial charge in [0.25, 0.3) is 11.8 Å². The van der Waals surface area contributed by atoms with Crippen LogP contribution in [0, 0.1) is 5.92 Å². The molecule has 0 aliphatic carbocycles. The van der Waals surface area contributed by atoms with Gasteiger partial charge in [0.1, 0.15) is 0 Å². The van der Waals surface area contributed by atoms with Crippen molar-refractivity contribution in [2.45, 2.75) is 52.0 Å². The van der Waals surface area contributed by atoms with Crippen molar-refractivity contribution in [3.63, 3.8) is 0 Å². The van der Waals surface area contributed by atoms with Crippen LogP contribution in [-0.4, -0.2) is 173 Å². The number of amides is 4. The van der Waals surface area contributed by atoms with E-state index in [9.17, 15) is 48.9 Å². The molecule has 1 atom stereocenters. The van der Waals surface area contributed by atoms with Crippen molar-refractivity contribution in [3.8, 4) is 0 Å². The van der Waals surface area contributed by atoms with Crippen molar-refractivity contribution in [1.29, 1.82) is 0 Å². The van der Waals surface area contributed by atoms with Gasteiger partial charge in [0.2, 0.25) is 11.7 Å². The van der Waals surface area contributed by atoms with Crippen molar-refractivity contribution in [2.24, 2.45) is 11.7 Å². The van der Waals surface area contributed by atoms with Crippen molar-refractivity contribution < 1.29 is 59.6 Å². The van der Waals surface area contributed by atoms with Crippen molar-refractivity contribution in [1.82, 2.24) is 40.9 Å². The van der Waals surface area contributed by atoms with Crippen LogP contribution in [0.1, 0.15) is 56.3 Å². The molecule has 0 radical (unpaired) electrons. The lowest BCUT2D eigenvalue weighted by molar-refractivity contribution is -0.623. The lowest BCUT2D eigenvalue weighted by Gasteiger charge is -2.32. The number of unbranched alkanes of at least 4 members (excludes halogenated alkanes) is 2. The lowest BCUT2D eigenvalue weighted by Crippen LogP contribution is -2.90. The number of pyridine rings is 1. The summed E-state index contributed by atoms with van der Waals surface area (Å²) < 4.78 is 0. The molecule has 1 aliphatic rings. The highest BCUT2D eigenvalue weighted by Crippen LogP contribution is 2.04. The summed E-state index contributed by atoms with van der Waals surface area (Å²) in [5.41, 5.74) is 15.0. The number of nitrogens with zero attached hydrogens (tertiary/aromatic N) is 5. The van der Waals surface area contributed by atoms with Gasteiger partial charge in [-0.15, -0.1) is 0 Å². The van der Waals surface area contributed by atoms with Crippen molar-refractivity contribution >= 4 is 47.4 Å². The minimum Gasteiger partial charge on any atom is -0.480 e. The topological polar surface area (TPSA) is 301 Å². The maximum atomic E-state index is 13.0. The summed E-state index contributed by atoms with van der Waals surface area (Å²) in [6, 6.07) is 2.49. The van der Waals surface area contributed by atoms with Crippen LogP contribution in [-0.2, 0) is 28.8 Å². The van der Waals surface area contributed by atoms with E-state index in [1.165, 1.54) is 11.6 Å². The number of aromatic nitrogens is 1. The zero-order chi connectivity index (χ0) is 40.8. The average Bonchev–Trinajstić information content (AvgIpc) is 3.11. The number of aliphatic carboxylic acids is 3. The SMILES string of the molecule is CC(C)C[C@@H](N)C(=O)NNC(=O)CCCCC[NH2+]C(=O)c1ccc([NH2+]NC(=O)CN2CCN(CC(=O)O)CCN(CC(=O)O)CCN(CC(=O)O)CC2)nc1. The van der Waals surface area contributed by atoms with Crippen LogP contribution in [0.15, 0.2) is 18.3 Å². The van der Waals surface area contributed by atoms with Crippen molar-refractivity contribution in [2.75, 3.05) is 85.1 Å². The molecule has 55 heavy (non-hydrogen) atoms. The predicted molar refractivity (Wildman–Crippen MR) is 196 cm³/mol. The monoisotopic (exact) mass is 781 g/mol. The largest absolute Gasteiger partial charge is 0.480 e. The van der Waals surface area contributed by atoms with Gasteiger partial charge in [0.05, 0.1) is 50.5 Å². The summed E-state index contributed by atoms with van der Waals surface area (Å²) in [5, 5.41) is 29.7. The summed E-state index contributed by atoms with van der Waals surface area (Å²) in [4.78, 5) is 94.9. The fourth-order valence-corrected chi connectivity index (χ4v) is 5.68. The maximum Gasteiger partial charge on any atom is 0.344 e. The van der Waals surface area contributed by atoms with Gasteiger partial charge in [-0.05, 0) is 37.7 Å². The summed E-state index contributed by atoms with van der Waals surface area (Å²) in [6.45, 7) is 5.80. The van der Waals surface area contributed by atoms with Gasteiger partial charge in [0, 0.05) is 64.8 Å². The summed E-state index contributed by atoms with van der Waals surface area (Å²) in [5.74, 6) is -3.80. The molecule has 2 heterocycles. The molecule has 2 rings (SSSR count). The quantitative estimate of drug-likeness (QED) is 0.0261. The first-order valence-corrected chi connectivity index (χ1v) is 18.5. The molecule has 1 aromatic rings. The molecule has 0 saturated carbocycles. The van der Waals surface area contributed by atoms with E-state index in [0.29, 0.717) is 56.7 Å². The molecule has 21 nitrogen and oxygen atoms in total. The molecule has 12 N–H and O–H groups in total. The highest BCUT2D eigenvalue weighted by Gasteiger charge is 2.22.